The molecule has 1 aromatic heterocycles. The average molecular weight is 488 g/mol. The number of anilines is 3. The molecule has 0 saturated carbocycles. The number of benzene rings is 3. The van der Waals surface area contributed by atoms with E-state index in [1.807, 2.05) is 55.5 Å². The van der Waals surface area contributed by atoms with Gasteiger partial charge in [-0.25, -0.2) is 9.19 Å². The number of aromatic nitrogens is 2. The van der Waals surface area contributed by atoms with E-state index in [1.54, 1.807) is 24.4 Å². The van der Waals surface area contributed by atoms with Gasteiger partial charge in [-0.05, 0) is 60.7 Å². The molecular formula is C27H29N5O2S. The minimum atomic E-state index is -2.82. The quantitative estimate of drug-likeness (QED) is 0.275. The second-order valence-corrected chi connectivity index (χ2v) is 9.88. The molecule has 4 aromatic rings. The van der Waals surface area contributed by atoms with Crippen molar-refractivity contribution < 1.29 is 8.95 Å². The SMILES string of the molecule is C=S(N)(=O)c1cccc(Nc2ncc(-c3ccc(OCC)cc3)c(NCCc3ccccc3)n2)c1. The zero-order valence-corrected chi connectivity index (χ0v) is 20.4. The van der Waals surface area contributed by atoms with E-state index in [0.717, 1.165) is 23.3 Å². The van der Waals surface area contributed by atoms with E-state index < -0.39 is 9.71 Å². The molecule has 0 saturated heterocycles. The van der Waals surface area contributed by atoms with Gasteiger partial charge in [0.1, 0.15) is 11.6 Å². The van der Waals surface area contributed by atoms with Crippen LogP contribution in [-0.4, -0.2) is 33.2 Å². The van der Waals surface area contributed by atoms with Crippen molar-refractivity contribution in [3.8, 4) is 16.9 Å². The van der Waals surface area contributed by atoms with Crippen molar-refractivity contribution in [2.24, 2.45) is 5.14 Å². The van der Waals surface area contributed by atoms with Gasteiger partial charge in [-0.1, -0.05) is 48.5 Å². The summed E-state index contributed by atoms with van der Waals surface area (Å²) in [5, 5.41) is 12.3. The molecule has 0 spiro atoms. The lowest BCUT2D eigenvalue weighted by Crippen LogP contribution is -2.12. The molecule has 1 atom stereocenters. The fourth-order valence-corrected chi connectivity index (χ4v) is 4.21. The van der Waals surface area contributed by atoms with Gasteiger partial charge in [-0.15, -0.1) is 0 Å². The Hall–Kier alpha value is -3.88. The molecule has 1 unspecified atom stereocenters. The normalized spacial score (nSPS) is 12.5. The largest absolute Gasteiger partial charge is 0.494 e. The summed E-state index contributed by atoms with van der Waals surface area (Å²) >= 11 is 0. The molecule has 0 fully saturated rings. The molecule has 7 nitrogen and oxygen atoms in total. The molecule has 0 aliphatic rings. The summed E-state index contributed by atoms with van der Waals surface area (Å²) in [6, 6.07) is 25.1. The van der Waals surface area contributed by atoms with Gasteiger partial charge in [0.05, 0.1) is 16.3 Å². The van der Waals surface area contributed by atoms with Crippen LogP contribution in [0.15, 0.2) is 90.0 Å². The summed E-state index contributed by atoms with van der Waals surface area (Å²) in [6.45, 7) is 3.28. The molecule has 0 amide bonds. The van der Waals surface area contributed by atoms with E-state index in [-0.39, 0.29) is 0 Å². The summed E-state index contributed by atoms with van der Waals surface area (Å²) in [6.07, 6.45) is 2.64. The van der Waals surface area contributed by atoms with Crippen molar-refractivity contribution in [2.75, 3.05) is 23.8 Å². The van der Waals surface area contributed by atoms with Gasteiger partial charge in [0, 0.05) is 28.9 Å². The molecule has 8 heteroatoms. The molecule has 0 aliphatic carbocycles. The predicted molar refractivity (Wildman–Crippen MR) is 145 cm³/mol. The van der Waals surface area contributed by atoms with Crippen LogP contribution in [0.25, 0.3) is 11.1 Å². The molecule has 3 aromatic carbocycles. The summed E-state index contributed by atoms with van der Waals surface area (Å²) in [5.41, 5.74) is 3.77. The number of nitrogens with zero attached hydrogens (tertiary/aromatic N) is 2. The lowest BCUT2D eigenvalue weighted by atomic mass is 10.1. The van der Waals surface area contributed by atoms with Gasteiger partial charge in [0.2, 0.25) is 5.95 Å². The first-order valence-electron chi connectivity index (χ1n) is 11.3. The minimum absolute atomic E-state index is 0.409. The zero-order chi connectivity index (χ0) is 24.7. The summed E-state index contributed by atoms with van der Waals surface area (Å²) < 4.78 is 17.7. The highest BCUT2D eigenvalue weighted by Gasteiger charge is 2.11. The van der Waals surface area contributed by atoms with Crippen LogP contribution < -0.4 is 20.5 Å². The van der Waals surface area contributed by atoms with Crippen LogP contribution in [0.1, 0.15) is 12.5 Å². The Morgan fingerprint density at radius 1 is 1.03 bits per heavy atom. The second kappa shape index (κ2) is 11.0. The highest BCUT2D eigenvalue weighted by molar-refractivity contribution is 7.98. The van der Waals surface area contributed by atoms with Gasteiger partial charge in [0.15, 0.2) is 0 Å². The Morgan fingerprint density at radius 2 is 1.80 bits per heavy atom. The number of ether oxygens (including phenoxy) is 1. The van der Waals surface area contributed by atoms with Crippen molar-refractivity contribution in [3.05, 3.63) is 90.6 Å². The standard InChI is InChI=1S/C27H29N5O2S/c1-3-34-23-14-12-21(13-15-23)25-19-30-27(31-22-10-7-11-24(18-22)35(2,28)33)32-26(25)29-17-16-20-8-5-4-6-9-20/h4-15,18-19H,2-3,16-17H2,1H3,(H2,28,33)(H2,29,30,31,32). The summed E-state index contributed by atoms with van der Waals surface area (Å²) in [7, 11) is -2.82. The number of nitrogens with one attached hydrogen (secondary N) is 2. The molecule has 4 rings (SSSR count). The van der Waals surface area contributed by atoms with Crippen LogP contribution in [0.3, 0.4) is 0 Å². The summed E-state index contributed by atoms with van der Waals surface area (Å²) in [4.78, 5) is 9.71. The van der Waals surface area contributed by atoms with Crippen molar-refractivity contribution in [3.63, 3.8) is 0 Å². The van der Waals surface area contributed by atoms with Gasteiger partial charge in [-0.3, -0.25) is 5.14 Å². The highest BCUT2D eigenvalue weighted by Crippen LogP contribution is 2.29. The van der Waals surface area contributed by atoms with Crippen LogP contribution in [0.2, 0.25) is 0 Å². The number of hydrogen-bond acceptors (Lipinski definition) is 6. The molecule has 4 N–H and O–H groups in total. The summed E-state index contributed by atoms with van der Waals surface area (Å²) in [5.74, 6) is 5.48. The number of rotatable bonds is 10. The second-order valence-electron chi connectivity index (χ2n) is 7.95. The van der Waals surface area contributed by atoms with Gasteiger partial charge in [0.25, 0.3) is 0 Å². The smallest absolute Gasteiger partial charge is 0.229 e. The first kappa shape index (κ1) is 24.3. The van der Waals surface area contributed by atoms with E-state index >= 15 is 0 Å². The van der Waals surface area contributed by atoms with Gasteiger partial charge in [-0.2, -0.15) is 4.98 Å². The lowest BCUT2D eigenvalue weighted by molar-refractivity contribution is 0.340. The predicted octanol–water partition coefficient (Wildman–Crippen LogP) is 4.89. The first-order valence-corrected chi connectivity index (χ1v) is 13.1. The fourth-order valence-electron chi connectivity index (χ4n) is 3.57. The van der Waals surface area contributed by atoms with Crippen LogP contribution in [-0.2, 0) is 16.1 Å². The Kier molecular flexibility index (Phi) is 7.64. The molecule has 35 heavy (non-hydrogen) atoms. The van der Waals surface area contributed by atoms with E-state index in [0.29, 0.717) is 35.5 Å². The molecular weight excluding hydrogens is 458 g/mol. The van der Waals surface area contributed by atoms with Gasteiger partial charge >= 0.3 is 0 Å². The van der Waals surface area contributed by atoms with Crippen LogP contribution >= 0.6 is 0 Å². The Morgan fingerprint density at radius 3 is 2.51 bits per heavy atom. The molecule has 1 heterocycles. The Balaban J connectivity index is 1.60. The van der Waals surface area contributed by atoms with Gasteiger partial charge < -0.3 is 15.4 Å². The van der Waals surface area contributed by atoms with Crippen LogP contribution in [0.5, 0.6) is 5.75 Å². The minimum Gasteiger partial charge on any atom is -0.494 e. The highest BCUT2D eigenvalue weighted by atomic mass is 32.2. The molecule has 0 radical (unpaired) electrons. The first-order chi connectivity index (χ1) is 16.9. The van der Waals surface area contributed by atoms with Crippen molar-refractivity contribution in [2.45, 2.75) is 18.2 Å². The Bertz CT molecular complexity index is 1370. The third-order valence-corrected chi connectivity index (χ3v) is 6.36. The monoisotopic (exact) mass is 487 g/mol. The number of nitrogens with two attached hydrogens (primary N) is 1. The average Bonchev–Trinajstić information content (AvgIpc) is 2.85. The maximum atomic E-state index is 12.1. The van der Waals surface area contributed by atoms with E-state index in [4.69, 9.17) is 14.9 Å². The Labute approximate surface area is 206 Å². The van der Waals surface area contributed by atoms with E-state index in [1.165, 1.54) is 5.56 Å². The zero-order valence-electron chi connectivity index (χ0n) is 19.6. The third-order valence-electron chi connectivity index (χ3n) is 5.30. The van der Waals surface area contributed by atoms with Crippen LogP contribution in [0, 0.1) is 0 Å². The number of hydrogen-bond donors (Lipinski definition) is 3. The van der Waals surface area contributed by atoms with E-state index in [2.05, 4.69) is 33.6 Å². The van der Waals surface area contributed by atoms with E-state index in [9.17, 15) is 4.21 Å². The maximum absolute atomic E-state index is 12.1. The third kappa shape index (κ3) is 6.59. The molecule has 0 aliphatic heterocycles. The van der Waals surface area contributed by atoms with Crippen molar-refractivity contribution in [1.82, 2.24) is 9.97 Å². The van der Waals surface area contributed by atoms with Crippen LogP contribution in [0.4, 0.5) is 17.5 Å². The lowest BCUT2D eigenvalue weighted by Gasteiger charge is -2.14. The fraction of sp³-hybridized carbons (Fsp3) is 0.148. The van der Waals surface area contributed by atoms with Crippen molar-refractivity contribution in [1.29, 1.82) is 0 Å². The van der Waals surface area contributed by atoms with Crippen molar-refractivity contribution >= 4 is 33.0 Å². The molecule has 180 valence electrons. The topological polar surface area (TPSA) is 102 Å². The molecule has 0 bridgehead atoms. The maximum Gasteiger partial charge on any atom is 0.229 e.